The molecule has 0 saturated heterocycles. The van der Waals surface area contributed by atoms with Gasteiger partial charge in [0.05, 0.1) is 11.4 Å². The van der Waals surface area contributed by atoms with Crippen molar-refractivity contribution in [1.82, 2.24) is 4.31 Å². The third kappa shape index (κ3) is 5.79. The first-order valence-electron chi connectivity index (χ1n) is 8.79. The summed E-state index contributed by atoms with van der Waals surface area (Å²) < 4.78 is 40.5. The van der Waals surface area contributed by atoms with Crippen LogP contribution in [-0.4, -0.2) is 25.2 Å². The highest BCUT2D eigenvalue weighted by molar-refractivity contribution is 7.89. The summed E-state index contributed by atoms with van der Waals surface area (Å²) in [5, 5.41) is 3.26. The van der Waals surface area contributed by atoms with Gasteiger partial charge in [0.15, 0.2) is 0 Å². The molecule has 1 N–H and O–H groups in total. The van der Waals surface area contributed by atoms with E-state index >= 15 is 0 Å². The predicted octanol–water partition coefficient (Wildman–Crippen LogP) is 4.96. The van der Waals surface area contributed by atoms with Gasteiger partial charge in [-0.2, -0.15) is 4.31 Å². The molecule has 0 heterocycles. The van der Waals surface area contributed by atoms with Crippen LogP contribution in [0.3, 0.4) is 0 Å². The lowest BCUT2D eigenvalue weighted by molar-refractivity contribution is -0.116. The highest BCUT2D eigenvalue weighted by Crippen LogP contribution is 2.23. The van der Waals surface area contributed by atoms with Crippen LogP contribution >= 0.6 is 23.2 Å². The number of anilines is 1. The Hall–Kier alpha value is -2.45. The van der Waals surface area contributed by atoms with E-state index in [0.717, 1.165) is 4.31 Å². The van der Waals surface area contributed by atoms with Crippen molar-refractivity contribution < 1.29 is 17.6 Å². The number of sulfonamides is 1. The van der Waals surface area contributed by atoms with Crippen LogP contribution in [0, 0.1) is 5.82 Å². The Morgan fingerprint density at radius 1 is 0.933 bits per heavy atom. The summed E-state index contributed by atoms with van der Waals surface area (Å²) >= 11 is 11.9. The number of rotatable bonds is 7. The zero-order valence-electron chi connectivity index (χ0n) is 15.6. The maximum absolute atomic E-state index is 13.2. The van der Waals surface area contributed by atoms with Gasteiger partial charge >= 0.3 is 0 Å². The highest BCUT2D eigenvalue weighted by Gasteiger charge is 2.27. The molecule has 5 nitrogen and oxygen atoms in total. The minimum Gasteiger partial charge on any atom is -0.325 e. The number of hydrogen-bond acceptors (Lipinski definition) is 3. The second-order valence-electron chi connectivity index (χ2n) is 6.42. The van der Waals surface area contributed by atoms with E-state index in [-0.39, 0.29) is 11.4 Å². The Kier molecular flexibility index (Phi) is 7.10. The monoisotopic (exact) mass is 466 g/mol. The molecule has 0 fully saturated rings. The van der Waals surface area contributed by atoms with Crippen LogP contribution in [0.1, 0.15) is 5.56 Å². The zero-order chi connectivity index (χ0) is 21.7. The lowest BCUT2D eigenvalue weighted by Crippen LogP contribution is -2.37. The van der Waals surface area contributed by atoms with Crippen LogP contribution in [0.25, 0.3) is 0 Å². The Morgan fingerprint density at radius 2 is 1.53 bits per heavy atom. The lowest BCUT2D eigenvalue weighted by atomic mass is 10.2. The van der Waals surface area contributed by atoms with E-state index < -0.39 is 28.3 Å². The lowest BCUT2D eigenvalue weighted by Gasteiger charge is -2.22. The topological polar surface area (TPSA) is 66.5 Å². The van der Waals surface area contributed by atoms with Crippen LogP contribution in [0.2, 0.25) is 10.0 Å². The molecular formula is C21H17Cl2FN2O3S. The molecule has 0 saturated carbocycles. The van der Waals surface area contributed by atoms with Gasteiger partial charge in [-0.05, 0) is 48.0 Å². The fourth-order valence-electron chi connectivity index (χ4n) is 2.75. The molecule has 0 aliphatic heterocycles. The van der Waals surface area contributed by atoms with E-state index in [4.69, 9.17) is 23.2 Å². The Morgan fingerprint density at radius 3 is 2.13 bits per heavy atom. The maximum Gasteiger partial charge on any atom is 0.243 e. The average molecular weight is 467 g/mol. The van der Waals surface area contributed by atoms with Gasteiger partial charge in [0, 0.05) is 22.3 Å². The fourth-order valence-corrected chi connectivity index (χ4v) is 4.68. The van der Waals surface area contributed by atoms with Crippen molar-refractivity contribution in [2.75, 3.05) is 11.9 Å². The minimum absolute atomic E-state index is 0.0470. The van der Waals surface area contributed by atoms with Gasteiger partial charge in [-0.1, -0.05) is 53.5 Å². The number of hydrogen-bond donors (Lipinski definition) is 1. The number of nitrogens with zero attached hydrogens (tertiary/aromatic N) is 1. The van der Waals surface area contributed by atoms with Crippen LogP contribution in [-0.2, 0) is 21.4 Å². The summed E-state index contributed by atoms with van der Waals surface area (Å²) in [6.07, 6.45) is 0. The van der Waals surface area contributed by atoms with Crippen molar-refractivity contribution in [2.45, 2.75) is 11.4 Å². The average Bonchev–Trinajstić information content (AvgIpc) is 2.69. The summed E-state index contributed by atoms with van der Waals surface area (Å²) in [4.78, 5) is 12.7. The Balaban J connectivity index is 1.86. The fraction of sp³-hybridized carbons (Fsp3) is 0.0952. The summed E-state index contributed by atoms with van der Waals surface area (Å²) in [5.74, 6) is -1.01. The predicted molar refractivity (Wildman–Crippen MR) is 116 cm³/mol. The number of halogens is 3. The molecule has 156 valence electrons. The zero-order valence-corrected chi connectivity index (χ0v) is 17.9. The van der Waals surface area contributed by atoms with E-state index in [0.29, 0.717) is 21.3 Å². The normalized spacial score (nSPS) is 11.5. The number of carbonyl (C=O) groups is 1. The molecule has 0 aliphatic rings. The maximum atomic E-state index is 13.2. The quantitative estimate of drug-likeness (QED) is 0.534. The molecule has 0 aromatic heterocycles. The van der Waals surface area contributed by atoms with Gasteiger partial charge in [-0.25, -0.2) is 12.8 Å². The summed E-state index contributed by atoms with van der Waals surface area (Å²) in [6.45, 7) is -0.569. The molecule has 30 heavy (non-hydrogen) atoms. The van der Waals surface area contributed by atoms with Crippen LogP contribution in [0.4, 0.5) is 10.1 Å². The summed E-state index contributed by atoms with van der Waals surface area (Å²) in [7, 11) is -3.99. The van der Waals surface area contributed by atoms with Crippen LogP contribution in [0.5, 0.6) is 0 Å². The smallest absolute Gasteiger partial charge is 0.243 e. The Bertz CT molecular complexity index is 1120. The molecule has 3 aromatic rings. The van der Waals surface area contributed by atoms with Crippen molar-refractivity contribution in [3.05, 3.63) is 94.2 Å². The number of carbonyl (C=O) groups excluding carboxylic acids is 1. The first-order valence-corrected chi connectivity index (χ1v) is 11.0. The number of nitrogens with one attached hydrogen (secondary N) is 1. The van der Waals surface area contributed by atoms with Crippen molar-refractivity contribution in [1.29, 1.82) is 0 Å². The van der Waals surface area contributed by atoms with Gasteiger partial charge in [-0.3, -0.25) is 4.79 Å². The van der Waals surface area contributed by atoms with E-state index in [1.165, 1.54) is 54.6 Å². The van der Waals surface area contributed by atoms with Gasteiger partial charge in [0.25, 0.3) is 0 Å². The molecule has 0 bridgehead atoms. The summed E-state index contributed by atoms with van der Waals surface area (Å²) in [6, 6.07) is 17.7. The van der Waals surface area contributed by atoms with E-state index in [1.807, 2.05) is 0 Å². The second kappa shape index (κ2) is 9.57. The van der Waals surface area contributed by atoms with E-state index in [9.17, 15) is 17.6 Å². The number of benzene rings is 3. The van der Waals surface area contributed by atoms with Crippen molar-refractivity contribution in [2.24, 2.45) is 0 Å². The molecule has 0 spiro atoms. The second-order valence-corrected chi connectivity index (χ2v) is 9.23. The van der Waals surface area contributed by atoms with Gasteiger partial charge < -0.3 is 5.32 Å². The van der Waals surface area contributed by atoms with Crippen molar-refractivity contribution in [3.63, 3.8) is 0 Å². The van der Waals surface area contributed by atoms with E-state index in [2.05, 4.69) is 5.32 Å². The van der Waals surface area contributed by atoms with Crippen molar-refractivity contribution in [3.8, 4) is 0 Å². The third-order valence-electron chi connectivity index (χ3n) is 4.12. The first kappa shape index (κ1) is 22.2. The van der Waals surface area contributed by atoms with Crippen LogP contribution in [0.15, 0.2) is 77.7 Å². The van der Waals surface area contributed by atoms with Gasteiger partial charge in [0.1, 0.15) is 5.82 Å². The van der Waals surface area contributed by atoms with Crippen LogP contribution < -0.4 is 5.32 Å². The SMILES string of the molecule is O=C(CN(Cc1ccc(F)cc1)S(=O)(=O)c1ccccc1)Nc1cc(Cl)cc(Cl)c1. The van der Waals surface area contributed by atoms with Crippen molar-refractivity contribution >= 4 is 44.8 Å². The molecule has 9 heteroatoms. The Labute approximate surface area is 184 Å². The molecule has 0 radical (unpaired) electrons. The third-order valence-corrected chi connectivity index (χ3v) is 6.36. The molecule has 0 atom stereocenters. The largest absolute Gasteiger partial charge is 0.325 e. The summed E-state index contributed by atoms with van der Waals surface area (Å²) in [5.41, 5.74) is 0.880. The molecule has 0 aliphatic carbocycles. The minimum atomic E-state index is -3.99. The molecule has 3 aromatic carbocycles. The molecule has 3 rings (SSSR count). The van der Waals surface area contributed by atoms with Gasteiger partial charge in [-0.15, -0.1) is 0 Å². The molecule has 0 unspecified atom stereocenters. The first-order chi connectivity index (χ1) is 14.2. The standard InChI is InChI=1S/C21H17Cl2FN2O3S/c22-16-10-17(23)12-19(11-16)25-21(27)14-26(13-15-6-8-18(24)9-7-15)30(28,29)20-4-2-1-3-5-20/h1-12H,13-14H2,(H,25,27). The number of amides is 1. The van der Waals surface area contributed by atoms with Gasteiger partial charge in [0.2, 0.25) is 15.9 Å². The molecular weight excluding hydrogens is 450 g/mol. The molecule has 1 amide bonds. The highest BCUT2D eigenvalue weighted by atomic mass is 35.5. The van der Waals surface area contributed by atoms with E-state index in [1.54, 1.807) is 18.2 Å².